The van der Waals surface area contributed by atoms with Gasteiger partial charge in [0.15, 0.2) is 5.78 Å². The Kier molecular flexibility index (Phi) is 3.45. The standard InChI is InChI=1S/C12H11ClN2OS/c1-7-11(8(2)16)12(17-15-7)14-10-6-4-3-5-9(10)13/h3-6,14H,1-2H3. The first kappa shape index (κ1) is 12.1. The van der Waals surface area contributed by atoms with Gasteiger partial charge in [0.05, 0.1) is 22.0 Å². The van der Waals surface area contributed by atoms with Gasteiger partial charge in [0.25, 0.3) is 0 Å². The fourth-order valence-electron chi connectivity index (χ4n) is 1.55. The number of halogens is 1. The Morgan fingerprint density at radius 2 is 2.12 bits per heavy atom. The van der Waals surface area contributed by atoms with E-state index in [-0.39, 0.29) is 5.78 Å². The van der Waals surface area contributed by atoms with Crippen molar-refractivity contribution in [2.75, 3.05) is 5.32 Å². The van der Waals surface area contributed by atoms with Crippen molar-refractivity contribution >= 4 is 39.6 Å². The van der Waals surface area contributed by atoms with E-state index in [2.05, 4.69) is 9.69 Å². The van der Waals surface area contributed by atoms with Crippen LogP contribution in [0.4, 0.5) is 10.7 Å². The number of nitrogens with one attached hydrogen (secondary N) is 1. The minimum absolute atomic E-state index is 0.00537. The van der Waals surface area contributed by atoms with E-state index in [1.807, 2.05) is 25.1 Å². The van der Waals surface area contributed by atoms with Crippen LogP contribution >= 0.6 is 23.1 Å². The van der Waals surface area contributed by atoms with Crippen molar-refractivity contribution in [3.05, 3.63) is 40.5 Å². The highest BCUT2D eigenvalue weighted by molar-refractivity contribution is 7.10. The summed E-state index contributed by atoms with van der Waals surface area (Å²) in [6, 6.07) is 7.40. The molecule has 0 saturated carbocycles. The summed E-state index contributed by atoms with van der Waals surface area (Å²) in [7, 11) is 0. The molecule has 0 atom stereocenters. The van der Waals surface area contributed by atoms with Crippen molar-refractivity contribution in [2.24, 2.45) is 0 Å². The third-order valence-electron chi connectivity index (χ3n) is 2.34. The first-order chi connectivity index (χ1) is 8.09. The van der Waals surface area contributed by atoms with Crippen LogP contribution in [-0.4, -0.2) is 10.2 Å². The average Bonchev–Trinajstić information content (AvgIpc) is 2.63. The number of carbonyl (C=O) groups excluding carboxylic acids is 1. The van der Waals surface area contributed by atoms with Gasteiger partial charge in [-0.2, -0.15) is 4.37 Å². The molecule has 1 aromatic carbocycles. The maximum Gasteiger partial charge on any atom is 0.164 e. The highest BCUT2D eigenvalue weighted by Crippen LogP contribution is 2.31. The molecule has 0 amide bonds. The van der Waals surface area contributed by atoms with Crippen LogP contribution < -0.4 is 5.32 Å². The van der Waals surface area contributed by atoms with E-state index in [0.29, 0.717) is 10.6 Å². The highest BCUT2D eigenvalue weighted by Gasteiger charge is 2.15. The summed E-state index contributed by atoms with van der Waals surface area (Å²) in [5, 5.41) is 4.50. The molecule has 1 aromatic heterocycles. The summed E-state index contributed by atoms with van der Waals surface area (Å²) in [6.45, 7) is 3.36. The fraction of sp³-hybridized carbons (Fsp3) is 0.167. The Balaban J connectivity index is 2.37. The number of nitrogens with zero attached hydrogens (tertiary/aromatic N) is 1. The molecule has 17 heavy (non-hydrogen) atoms. The monoisotopic (exact) mass is 266 g/mol. The molecule has 2 aromatic rings. The van der Waals surface area contributed by atoms with Crippen molar-refractivity contribution < 1.29 is 4.79 Å². The van der Waals surface area contributed by atoms with Crippen molar-refractivity contribution in [3.63, 3.8) is 0 Å². The number of hydrogen-bond donors (Lipinski definition) is 1. The number of benzene rings is 1. The smallest absolute Gasteiger partial charge is 0.164 e. The lowest BCUT2D eigenvalue weighted by atomic mass is 10.2. The van der Waals surface area contributed by atoms with Gasteiger partial charge in [-0.25, -0.2) is 0 Å². The largest absolute Gasteiger partial charge is 0.344 e. The first-order valence-electron chi connectivity index (χ1n) is 5.08. The van der Waals surface area contributed by atoms with E-state index in [4.69, 9.17) is 11.6 Å². The molecule has 1 N–H and O–H groups in total. The van der Waals surface area contributed by atoms with Crippen LogP contribution in [0.25, 0.3) is 0 Å². The zero-order valence-corrected chi connectivity index (χ0v) is 11.0. The zero-order chi connectivity index (χ0) is 12.4. The summed E-state index contributed by atoms with van der Waals surface area (Å²) in [5.41, 5.74) is 2.16. The van der Waals surface area contributed by atoms with Gasteiger partial charge in [0.1, 0.15) is 5.00 Å². The molecule has 0 fully saturated rings. The molecular formula is C12H11ClN2OS. The molecule has 3 nitrogen and oxygen atoms in total. The molecule has 1 heterocycles. The molecule has 2 rings (SSSR count). The van der Waals surface area contributed by atoms with Crippen LogP contribution in [0, 0.1) is 6.92 Å². The van der Waals surface area contributed by atoms with E-state index in [1.54, 1.807) is 6.07 Å². The lowest BCUT2D eigenvalue weighted by molar-refractivity contribution is 0.101. The molecule has 0 saturated heterocycles. The number of carbonyl (C=O) groups is 1. The molecule has 0 aliphatic heterocycles. The van der Waals surface area contributed by atoms with E-state index in [1.165, 1.54) is 18.5 Å². The minimum atomic E-state index is 0.00537. The molecule has 0 aliphatic carbocycles. The van der Waals surface area contributed by atoms with Gasteiger partial charge in [-0.05, 0) is 37.5 Å². The van der Waals surface area contributed by atoms with Crippen molar-refractivity contribution in [3.8, 4) is 0 Å². The molecule has 0 aliphatic rings. The number of anilines is 2. The summed E-state index contributed by atoms with van der Waals surface area (Å²) in [5.74, 6) is 0.00537. The van der Waals surface area contributed by atoms with Crippen LogP contribution in [0.2, 0.25) is 5.02 Å². The van der Waals surface area contributed by atoms with Gasteiger partial charge in [0.2, 0.25) is 0 Å². The Morgan fingerprint density at radius 1 is 1.41 bits per heavy atom. The summed E-state index contributed by atoms with van der Waals surface area (Å²) in [4.78, 5) is 11.5. The zero-order valence-electron chi connectivity index (χ0n) is 9.45. The normalized spacial score (nSPS) is 10.3. The first-order valence-corrected chi connectivity index (χ1v) is 6.23. The SMILES string of the molecule is CC(=O)c1c(C)nsc1Nc1ccccc1Cl. The molecular weight excluding hydrogens is 256 g/mol. The summed E-state index contributed by atoms with van der Waals surface area (Å²) >= 11 is 7.32. The lowest BCUT2D eigenvalue weighted by Crippen LogP contribution is -1.98. The van der Waals surface area contributed by atoms with Gasteiger partial charge >= 0.3 is 0 Å². The average molecular weight is 267 g/mol. The molecule has 5 heteroatoms. The second-order valence-corrected chi connectivity index (χ2v) is 4.81. The van der Waals surface area contributed by atoms with Crippen LogP contribution in [0.5, 0.6) is 0 Å². The Labute approximate surface area is 109 Å². The second kappa shape index (κ2) is 4.85. The van der Waals surface area contributed by atoms with Gasteiger partial charge in [-0.15, -0.1) is 0 Å². The third kappa shape index (κ3) is 2.48. The number of aryl methyl sites for hydroxylation is 1. The number of ketones is 1. The van der Waals surface area contributed by atoms with Crippen LogP contribution in [0.15, 0.2) is 24.3 Å². The number of hydrogen-bond acceptors (Lipinski definition) is 4. The van der Waals surface area contributed by atoms with Gasteiger partial charge in [-0.3, -0.25) is 4.79 Å². The van der Waals surface area contributed by atoms with Gasteiger partial charge < -0.3 is 5.32 Å². The van der Waals surface area contributed by atoms with Gasteiger partial charge in [-0.1, -0.05) is 23.7 Å². The molecule has 0 unspecified atom stereocenters. The number of Topliss-reactive ketones (excluding diaryl/α,β-unsaturated/α-hetero) is 1. The van der Waals surface area contributed by atoms with Crippen molar-refractivity contribution in [1.29, 1.82) is 0 Å². The Morgan fingerprint density at radius 3 is 2.76 bits per heavy atom. The third-order valence-corrected chi connectivity index (χ3v) is 3.52. The highest BCUT2D eigenvalue weighted by atomic mass is 35.5. The van der Waals surface area contributed by atoms with E-state index >= 15 is 0 Å². The summed E-state index contributed by atoms with van der Waals surface area (Å²) in [6.07, 6.45) is 0. The van der Waals surface area contributed by atoms with Crippen LogP contribution in [0.1, 0.15) is 23.0 Å². The summed E-state index contributed by atoms with van der Waals surface area (Å²) < 4.78 is 4.18. The Hall–Kier alpha value is -1.39. The minimum Gasteiger partial charge on any atom is -0.344 e. The predicted molar refractivity (Wildman–Crippen MR) is 71.6 cm³/mol. The van der Waals surface area contributed by atoms with Crippen molar-refractivity contribution in [2.45, 2.75) is 13.8 Å². The number of para-hydroxylation sites is 1. The fourth-order valence-corrected chi connectivity index (χ4v) is 2.60. The van der Waals surface area contributed by atoms with Gasteiger partial charge in [0, 0.05) is 0 Å². The molecule has 0 radical (unpaired) electrons. The maximum atomic E-state index is 11.5. The van der Waals surface area contributed by atoms with E-state index in [9.17, 15) is 4.79 Å². The van der Waals surface area contributed by atoms with Crippen LogP contribution in [0.3, 0.4) is 0 Å². The Bertz CT molecular complexity index is 565. The van der Waals surface area contributed by atoms with Crippen molar-refractivity contribution in [1.82, 2.24) is 4.37 Å². The second-order valence-electron chi connectivity index (χ2n) is 3.63. The number of rotatable bonds is 3. The number of aromatic nitrogens is 1. The molecule has 0 spiro atoms. The van der Waals surface area contributed by atoms with Crippen LogP contribution in [-0.2, 0) is 0 Å². The van der Waals surface area contributed by atoms with E-state index in [0.717, 1.165) is 16.4 Å². The quantitative estimate of drug-likeness (QED) is 0.852. The maximum absolute atomic E-state index is 11.5. The molecule has 88 valence electrons. The topological polar surface area (TPSA) is 42.0 Å². The van der Waals surface area contributed by atoms with E-state index < -0.39 is 0 Å². The lowest BCUT2D eigenvalue weighted by Gasteiger charge is -2.06. The molecule has 0 bridgehead atoms. The predicted octanol–water partition coefficient (Wildman–Crippen LogP) is 4.05.